The average Bonchev–Trinajstić information content (AvgIpc) is 3.04. The fourth-order valence-corrected chi connectivity index (χ4v) is 4.34. The van der Waals surface area contributed by atoms with Gasteiger partial charge in [-0.2, -0.15) is 13.2 Å². The number of nitrogens with zero attached hydrogens (tertiary/aromatic N) is 2. The van der Waals surface area contributed by atoms with Crippen LogP contribution in [-0.4, -0.2) is 21.0 Å². The fourth-order valence-electron chi connectivity index (χ4n) is 2.63. The molecular weight excluding hydrogens is 462 g/mol. The zero-order valence-electron chi connectivity index (χ0n) is 15.5. The lowest BCUT2D eigenvalue weighted by molar-refractivity contribution is -0.137. The maximum Gasteiger partial charge on any atom is 0.417 e. The normalized spacial score (nSPS) is 11.7. The number of rotatable bonds is 5. The van der Waals surface area contributed by atoms with Crippen LogP contribution in [-0.2, 0) is 6.18 Å². The van der Waals surface area contributed by atoms with Crippen LogP contribution < -0.4 is 5.32 Å². The Hall–Kier alpha value is -2.36. The highest BCUT2D eigenvalue weighted by Crippen LogP contribution is 2.41. The van der Waals surface area contributed by atoms with Crippen molar-refractivity contribution in [3.63, 3.8) is 0 Å². The molecule has 2 heterocycles. The molecule has 0 fully saturated rings. The summed E-state index contributed by atoms with van der Waals surface area (Å²) in [6, 6.07) is 5.55. The zero-order chi connectivity index (χ0) is 22.2. The van der Waals surface area contributed by atoms with Gasteiger partial charge in [0.15, 0.2) is 5.13 Å². The Morgan fingerprint density at radius 1 is 1.23 bits per heavy atom. The van der Waals surface area contributed by atoms with E-state index in [1.54, 1.807) is 18.2 Å². The molecule has 0 bridgehead atoms. The molecule has 0 spiro atoms. The Kier molecular flexibility index (Phi) is 6.26. The number of hydrogen-bond acceptors (Lipinski definition) is 5. The predicted octanol–water partition coefficient (Wildman–Crippen LogP) is 7.10. The van der Waals surface area contributed by atoms with Gasteiger partial charge in [-0.3, -0.25) is 0 Å². The minimum Gasteiger partial charge on any atom is -0.478 e. The summed E-state index contributed by atoms with van der Waals surface area (Å²) in [5, 5.41) is 13.2. The van der Waals surface area contributed by atoms with Gasteiger partial charge in [-0.25, -0.2) is 14.8 Å². The zero-order valence-corrected chi connectivity index (χ0v) is 17.8. The summed E-state index contributed by atoms with van der Waals surface area (Å²) in [5.41, 5.74) is -0.386. The summed E-state index contributed by atoms with van der Waals surface area (Å²) in [5.74, 6) is -1.79. The van der Waals surface area contributed by atoms with Crippen molar-refractivity contribution in [1.29, 1.82) is 0 Å². The number of nitrogens with one attached hydrogen (secondary N) is 1. The van der Waals surface area contributed by atoms with E-state index in [0.29, 0.717) is 33.6 Å². The fraction of sp³-hybridized carbons (Fsp3) is 0.211. The minimum atomic E-state index is -4.71. The summed E-state index contributed by atoms with van der Waals surface area (Å²) in [4.78, 5) is 20.3. The van der Waals surface area contributed by atoms with E-state index < -0.39 is 23.3 Å². The van der Waals surface area contributed by atoms with Gasteiger partial charge in [-0.15, -0.1) is 0 Å². The van der Waals surface area contributed by atoms with Crippen molar-refractivity contribution in [3.8, 4) is 10.4 Å². The van der Waals surface area contributed by atoms with Crippen molar-refractivity contribution in [1.82, 2.24) is 9.97 Å². The molecule has 3 rings (SSSR count). The number of anilines is 2. The Morgan fingerprint density at radius 3 is 2.50 bits per heavy atom. The van der Waals surface area contributed by atoms with Crippen molar-refractivity contribution in [2.45, 2.75) is 25.9 Å². The van der Waals surface area contributed by atoms with E-state index in [-0.39, 0.29) is 16.9 Å². The number of benzene rings is 1. The third kappa shape index (κ3) is 4.69. The van der Waals surface area contributed by atoms with Crippen LogP contribution in [0.3, 0.4) is 0 Å². The summed E-state index contributed by atoms with van der Waals surface area (Å²) in [6.45, 7) is 3.84. The van der Waals surface area contributed by atoms with Gasteiger partial charge in [0.1, 0.15) is 11.4 Å². The monoisotopic (exact) mass is 475 g/mol. The topological polar surface area (TPSA) is 75.1 Å². The number of aromatic carboxylic acids is 1. The molecule has 0 aliphatic carbocycles. The number of carboxylic acids is 1. The third-order valence-electron chi connectivity index (χ3n) is 4.05. The Balaban J connectivity index is 2.05. The molecule has 0 atom stereocenters. The van der Waals surface area contributed by atoms with Crippen LogP contribution in [0.25, 0.3) is 10.4 Å². The van der Waals surface area contributed by atoms with E-state index in [1.165, 1.54) is 11.3 Å². The number of halogens is 5. The molecule has 0 unspecified atom stereocenters. The van der Waals surface area contributed by atoms with Gasteiger partial charge in [0.25, 0.3) is 0 Å². The quantitative estimate of drug-likeness (QED) is 0.411. The van der Waals surface area contributed by atoms with Crippen molar-refractivity contribution in [2.24, 2.45) is 0 Å². The highest BCUT2D eigenvalue weighted by atomic mass is 35.5. The average molecular weight is 476 g/mol. The summed E-state index contributed by atoms with van der Waals surface area (Å²) in [7, 11) is 0. The first-order valence-corrected chi connectivity index (χ1v) is 10.1. The number of carboxylic acid groups (broad SMARTS) is 1. The molecule has 0 radical (unpaired) electrons. The summed E-state index contributed by atoms with van der Waals surface area (Å²) < 4.78 is 38.7. The Morgan fingerprint density at radius 2 is 1.93 bits per heavy atom. The maximum atomic E-state index is 12.9. The number of aromatic nitrogens is 2. The standard InChI is InChI=1S/C19H14Cl2F3N3O2S/c1-8(2)14-15(11-4-3-10(20)6-13(11)21)30-18(26-14)27-16-12(17(28)29)5-9(7-25-16)19(22,23)24/h3-8H,1-2H3,(H,28,29)(H,25,26,27). The second-order valence-corrected chi connectivity index (χ2v) is 8.40. The molecule has 5 nitrogen and oxygen atoms in total. The lowest BCUT2D eigenvalue weighted by atomic mass is 10.1. The predicted molar refractivity (Wildman–Crippen MR) is 111 cm³/mol. The first-order chi connectivity index (χ1) is 14.0. The molecule has 0 amide bonds. The maximum absolute atomic E-state index is 12.9. The number of thiazole rings is 1. The molecule has 11 heteroatoms. The van der Waals surface area contributed by atoms with E-state index in [1.807, 2.05) is 13.8 Å². The van der Waals surface area contributed by atoms with E-state index in [9.17, 15) is 23.1 Å². The summed E-state index contributed by atoms with van der Waals surface area (Å²) >= 11 is 13.5. The second kappa shape index (κ2) is 8.41. The first-order valence-electron chi connectivity index (χ1n) is 8.51. The Bertz CT molecular complexity index is 1120. The minimum absolute atomic E-state index is 0.00180. The molecule has 158 valence electrons. The lowest BCUT2D eigenvalue weighted by Gasteiger charge is -2.10. The van der Waals surface area contributed by atoms with Crippen LogP contribution in [0.15, 0.2) is 30.5 Å². The first kappa shape index (κ1) is 22.3. The van der Waals surface area contributed by atoms with Crippen LogP contribution in [0.4, 0.5) is 24.1 Å². The highest BCUT2D eigenvalue weighted by molar-refractivity contribution is 7.19. The van der Waals surface area contributed by atoms with Gasteiger partial charge in [-0.1, -0.05) is 54.5 Å². The summed E-state index contributed by atoms with van der Waals surface area (Å²) in [6.07, 6.45) is -4.14. The van der Waals surface area contributed by atoms with E-state index in [4.69, 9.17) is 23.2 Å². The van der Waals surface area contributed by atoms with Crippen LogP contribution >= 0.6 is 34.5 Å². The number of hydrogen-bond donors (Lipinski definition) is 2. The van der Waals surface area contributed by atoms with Crippen LogP contribution in [0, 0.1) is 0 Å². The van der Waals surface area contributed by atoms with Crippen molar-refractivity contribution in [3.05, 3.63) is 57.3 Å². The molecule has 30 heavy (non-hydrogen) atoms. The van der Waals surface area contributed by atoms with E-state index in [2.05, 4.69) is 15.3 Å². The van der Waals surface area contributed by atoms with E-state index in [0.717, 1.165) is 4.88 Å². The largest absolute Gasteiger partial charge is 0.478 e. The van der Waals surface area contributed by atoms with E-state index >= 15 is 0 Å². The molecule has 1 aromatic carbocycles. The van der Waals surface area contributed by atoms with Crippen molar-refractivity contribution in [2.75, 3.05) is 5.32 Å². The van der Waals surface area contributed by atoms with Gasteiger partial charge >= 0.3 is 12.1 Å². The number of pyridine rings is 1. The molecule has 0 aliphatic heterocycles. The molecule has 0 saturated carbocycles. The molecule has 2 aromatic heterocycles. The highest BCUT2D eigenvalue weighted by Gasteiger charge is 2.33. The molecule has 0 aliphatic rings. The van der Waals surface area contributed by atoms with Gasteiger partial charge in [0.05, 0.1) is 21.2 Å². The van der Waals surface area contributed by atoms with Crippen LogP contribution in [0.2, 0.25) is 10.0 Å². The van der Waals surface area contributed by atoms with Crippen LogP contribution in [0.1, 0.15) is 41.4 Å². The molecule has 3 aromatic rings. The smallest absolute Gasteiger partial charge is 0.417 e. The van der Waals surface area contributed by atoms with Crippen molar-refractivity contribution < 1.29 is 23.1 Å². The molecule has 2 N–H and O–H groups in total. The number of alkyl halides is 3. The van der Waals surface area contributed by atoms with Crippen LogP contribution in [0.5, 0.6) is 0 Å². The number of carbonyl (C=O) groups is 1. The van der Waals surface area contributed by atoms with Gasteiger partial charge in [0.2, 0.25) is 0 Å². The van der Waals surface area contributed by atoms with Gasteiger partial charge < -0.3 is 10.4 Å². The van der Waals surface area contributed by atoms with Gasteiger partial charge in [0, 0.05) is 16.8 Å². The third-order valence-corrected chi connectivity index (χ3v) is 5.61. The molecular formula is C19H14Cl2F3N3O2S. The lowest BCUT2D eigenvalue weighted by Crippen LogP contribution is -2.11. The second-order valence-electron chi connectivity index (χ2n) is 6.56. The van der Waals surface area contributed by atoms with Crippen molar-refractivity contribution >= 4 is 51.5 Å². The SMILES string of the molecule is CC(C)c1nc(Nc2ncc(C(F)(F)F)cc2C(=O)O)sc1-c1ccc(Cl)cc1Cl. The van der Waals surface area contributed by atoms with Gasteiger partial charge in [-0.05, 0) is 24.1 Å². The Labute approximate surface area is 183 Å². The molecule has 0 saturated heterocycles.